The van der Waals surface area contributed by atoms with Crippen LogP contribution in [0.15, 0.2) is 43.0 Å². The van der Waals surface area contributed by atoms with E-state index in [1.807, 2.05) is 25.4 Å². The molecule has 0 spiro atoms. The molecule has 0 fully saturated rings. The van der Waals surface area contributed by atoms with Gasteiger partial charge in [-0.25, -0.2) is 4.98 Å². The number of nitrogens with zero attached hydrogens (tertiary/aromatic N) is 2. The molecule has 21 heavy (non-hydrogen) atoms. The summed E-state index contributed by atoms with van der Waals surface area (Å²) in [7, 11) is 2.00. The van der Waals surface area contributed by atoms with Gasteiger partial charge in [0.2, 0.25) is 5.91 Å². The van der Waals surface area contributed by atoms with Crippen molar-refractivity contribution in [2.24, 2.45) is 7.05 Å². The van der Waals surface area contributed by atoms with Gasteiger partial charge in [-0.1, -0.05) is 18.2 Å². The van der Waals surface area contributed by atoms with Crippen LogP contribution in [0.4, 0.5) is 0 Å². The predicted molar refractivity (Wildman–Crippen MR) is 81.9 cm³/mol. The Labute approximate surface area is 123 Å². The van der Waals surface area contributed by atoms with Crippen LogP contribution in [0.2, 0.25) is 0 Å². The molecule has 0 aliphatic heterocycles. The smallest absolute Gasteiger partial charge is 0.224 e. The summed E-state index contributed by atoms with van der Waals surface area (Å²) in [6.07, 6.45) is 6.62. The first kappa shape index (κ1) is 13.4. The lowest BCUT2D eigenvalue weighted by molar-refractivity contribution is -0.120. The van der Waals surface area contributed by atoms with Crippen LogP contribution < -0.4 is 5.32 Å². The molecule has 1 aromatic carbocycles. The van der Waals surface area contributed by atoms with Crippen LogP contribution in [0.5, 0.6) is 0 Å². The lowest BCUT2D eigenvalue weighted by Crippen LogP contribution is -2.27. The summed E-state index contributed by atoms with van der Waals surface area (Å²) in [4.78, 5) is 19.0. The molecular weight excluding hydrogens is 264 g/mol. The number of fused-ring (bicyclic) bond motifs is 1. The van der Waals surface area contributed by atoms with E-state index in [-0.39, 0.29) is 5.91 Å². The van der Waals surface area contributed by atoms with Crippen molar-refractivity contribution in [1.29, 1.82) is 0 Å². The molecule has 5 heteroatoms. The molecule has 0 aliphatic carbocycles. The quantitative estimate of drug-likeness (QED) is 0.749. The minimum Gasteiger partial charge on any atom is -0.355 e. The second kappa shape index (κ2) is 5.83. The summed E-state index contributed by atoms with van der Waals surface area (Å²) in [5.74, 6) is 0.0471. The van der Waals surface area contributed by atoms with Crippen LogP contribution in [0, 0.1) is 0 Å². The topological polar surface area (TPSA) is 62.7 Å². The summed E-state index contributed by atoms with van der Waals surface area (Å²) < 4.78 is 2.06. The number of nitrogens with one attached hydrogen (secondary N) is 2. The number of hydrogen-bond donors (Lipinski definition) is 2. The molecule has 2 aromatic heterocycles. The number of amides is 1. The summed E-state index contributed by atoms with van der Waals surface area (Å²) in [5.41, 5.74) is 3.24. The van der Waals surface area contributed by atoms with Crippen molar-refractivity contribution in [3.63, 3.8) is 0 Å². The van der Waals surface area contributed by atoms with E-state index in [0.717, 1.165) is 28.6 Å². The maximum atomic E-state index is 12.0. The van der Waals surface area contributed by atoms with Gasteiger partial charge < -0.3 is 14.9 Å². The first-order valence-corrected chi connectivity index (χ1v) is 7.01. The predicted octanol–water partition coefficient (Wildman–Crippen LogP) is 1.80. The molecule has 2 heterocycles. The number of para-hydroxylation sites is 1. The van der Waals surface area contributed by atoms with Gasteiger partial charge in [-0.3, -0.25) is 4.79 Å². The van der Waals surface area contributed by atoms with Crippen molar-refractivity contribution in [2.45, 2.75) is 12.8 Å². The van der Waals surface area contributed by atoms with Crippen LogP contribution in [0.1, 0.15) is 11.3 Å². The average Bonchev–Trinajstić information content (AvgIpc) is 3.09. The van der Waals surface area contributed by atoms with Gasteiger partial charge in [-0.05, 0) is 11.6 Å². The van der Waals surface area contributed by atoms with Crippen molar-refractivity contribution in [3.8, 4) is 0 Å². The highest BCUT2D eigenvalue weighted by molar-refractivity contribution is 5.89. The number of aromatic amines is 1. The molecule has 0 saturated carbocycles. The van der Waals surface area contributed by atoms with Crippen LogP contribution in [-0.4, -0.2) is 27.0 Å². The minimum atomic E-state index is 0.0471. The molecule has 0 bridgehead atoms. The Morgan fingerprint density at radius 3 is 3.05 bits per heavy atom. The van der Waals surface area contributed by atoms with Crippen molar-refractivity contribution in [2.75, 3.05) is 6.54 Å². The molecule has 3 rings (SSSR count). The Bertz CT molecular complexity index is 743. The number of carbonyl (C=O) groups is 1. The molecule has 2 N–H and O–H groups in total. The first-order valence-electron chi connectivity index (χ1n) is 7.01. The maximum Gasteiger partial charge on any atom is 0.224 e. The van der Waals surface area contributed by atoms with Gasteiger partial charge in [0, 0.05) is 49.0 Å². The molecule has 0 saturated heterocycles. The van der Waals surface area contributed by atoms with E-state index >= 15 is 0 Å². The van der Waals surface area contributed by atoms with E-state index in [0.29, 0.717) is 13.0 Å². The molecule has 1 amide bonds. The number of rotatable bonds is 5. The van der Waals surface area contributed by atoms with Gasteiger partial charge in [-0.2, -0.15) is 0 Å². The number of aryl methyl sites for hydroxylation is 1. The fraction of sp³-hybridized carbons (Fsp3) is 0.250. The van der Waals surface area contributed by atoms with Gasteiger partial charge in [-0.15, -0.1) is 0 Å². The first-order chi connectivity index (χ1) is 10.2. The summed E-state index contributed by atoms with van der Waals surface area (Å²) in [6, 6.07) is 8.13. The second-order valence-electron chi connectivity index (χ2n) is 5.14. The second-order valence-corrected chi connectivity index (χ2v) is 5.14. The number of carbonyl (C=O) groups excluding carboxylic acids is 1. The van der Waals surface area contributed by atoms with Gasteiger partial charge in [0.1, 0.15) is 0 Å². The van der Waals surface area contributed by atoms with Crippen LogP contribution in [0.3, 0.4) is 0 Å². The highest BCUT2D eigenvalue weighted by atomic mass is 16.1. The number of hydrogen-bond acceptors (Lipinski definition) is 2. The summed E-state index contributed by atoms with van der Waals surface area (Å²) in [5, 5.41) is 4.09. The van der Waals surface area contributed by atoms with Gasteiger partial charge in [0.15, 0.2) is 0 Å². The lowest BCUT2D eigenvalue weighted by atomic mass is 10.1. The number of imidazole rings is 1. The normalized spacial score (nSPS) is 10.9. The maximum absolute atomic E-state index is 12.0. The number of H-pyrrole nitrogens is 1. The third-order valence-corrected chi connectivity index (χ3v) is 3.60. The van der Waals surface area contributed by atoms with E-state index in [1.165, 1.54) is 0 Å². The molecule has 108 valence electrons. The third-order valence-electron chi connectivity index (χ3n) is 3.60. The van der Waals surface area contributed by atoms with Crippen LogP contribution in [0.25, 0.3) is 10.9 Å². The van der Waals surface area contributed by atoms with E-state index in [2.05, 4.69) is 32.0 Å². The van der Waals surface area contributed by atoms with Gasteiger partial charge in [0.05, 0.1) is 12.7 Å². The van der Waals surface area contributed by atoms with Gasteiger partial charge in [0.25, 0.3) is 0 Å². The van der Waals surface area contributed by atoms with E-state index in [9.17, 15) is 4.79 Å². The fourth-order valence-corrected chi connectivity index (χ4v) is 2.56. The van der Waals surface area contributed by atoms with Crippen LogP contribution >= 0.6 is 0 Å². The van der Waals surface area contributed by atoms with Crippen molar-refractivity contribution in [3.05, 3.63) is 54.2 Å². The minimum absolute atomic E-state index is 0.0471. The monoisotopic (exact) mass is 282 g/mol. The molecular formula is C16H18N4O. The Morgan fingerprint density at radius 2 is 2.24 bits per heavy atom. The van der Waals surface area contributed by atoms with Crippen LogP contribution in [-0.2, 0) is 24.7 Å². The Morgan fingerprint density at radius 1 is 1.38 bits per heavy atom. The number of benzene rings is 1. The largest absolute Gasteiger partial charge is 0.355 e. The summed E-state index contributed by atoms with van der Waals surface area (Å²) >= 11 is 0. The Balaban J connectivity index is 1.61. The molecule has 5 nitrogen and oxygen atoms in total. The van der Waals surface area contributed by atoms with Gasteiger partial charge >= 0.3 is 0 Å². The van der Waals surface area contributed by atoms with Crippen molar-refractivity contribution in [1.82, 2.24) is 19.9 Å². The molecule has 3 aromatic rings. The summed E-state index contributed by atoms with van der Waals surface area (Å²) in [6.45, 7) is 0.617. The third kappa shape index (κ3) is 2.97. The van der Waals surface area contributed by atoms with Crippen molar-refractivity contribution >= 4 is 16.8 Å². The Kier molecular flexibility index (Phi) is 3.73. The fourth-order valence-electron chi connectivity index (χ4n) is 2.56. The highest BCUT2D eigenvalue weighted by Gasteiger charge is 2.10. The van der Waals surface area contributed by atoms with E-state index in [4.69, 9.17) is 0 Å². The molecule has 0 unspecified atom stereocenters. The standard InChI is InChI=1S/C16H18N4O/c1-20-10-12(14-4-2-3-5-15(14)20)8-16(21)18-7-6-13-9-17-11-19-13/h2-5,9-11H,6-8H2,1H3,(H,17,19)(H,18,21). The molecule has 0 aliphatic rings. The van der Waals surface area contributed by atoms with Crippen molar-refractivity contribution < 1.29 is 4.79 Å². The van der Waals surface area contributed by atoms with E-state index in [1.54, 1.807) is 12.5 Å². The lowest BCUT2D eigenvalue weighted by Gasteiger charge is -2.03. The average molecular weight is 282 g/mol. The highest BCUT2D eigenvalue weighted by Crippen LogP contribution is 2.20. The molecule has 0 atom stereocenters. The SMILES string of the molecule is Cn1cc(CC(=O)NCCc2cnc[nH]2)c2ccccc21. The Hall–Kier alpha value is -2.56. The van der Waals surface area contributed by atoms with E-state index < -0.39 is 0 Å². The zero-order valence-corrected chi connectivity index (χ0v) is 12.0. The zero-order valence-electron chi connectivity index (χ0n) is 12.0. The molecule has 0 radical (unpaired) electrons. The zero-order chi connectivity index (χ0) is 14.7. The number of aromatic nitrogens is 3.